The van der Waals surface area contributed by atoms with E-state index in [4.69, 9.17) is 16.3 Å². The summed E-state index contributed by atoms with van der Waals surface area (Å²) < 4.78 is 72.1. The summed E-state index contributed by atoms with van der Waals surface area (Å²) in [6.45, 7) is 1.27. The van der Waals surface area contributed by atoms with Crippen LogP contribution >= 0.6 is 11.6 Å². The number of carboxylic acids is 1. The van der Waals surface area contributed by atoms with Gasteiger partial charge >= 0.3 is 12.1 Å². The van der Waals surface area contributed by atoms with E-state index in [0.717, 1.165) is 16.8 Å². The van der Waals surface area contributed by atoms with Crippen LogP contribution in [0.2, 0.25) is 5.02 Å². The molecule has 0 bridgehead atoms. The summed E-state index contributed by atoms with van der Waals surface area (Å²) in [7, 11) is -2.40. The second-order valence-corrected chi connectivity index (χ2v) is 12.1. The van der Waals surface area contributed by atoms with Crippen molar-refractivity contribution in [3.8, 4) is 22.8 Å². The number of nitrogens with one attached hydrogen (secondary N) is 1. The van der Waals surface area contributed by atoms with Crippen molar-refractivity contribution >= 4 is 44.6 Å². The summed E-state index contributed by atoms with van der Waals surface area (Å²) in [6.07, 6.45) is -0.852. The standard InChI is InChI=1S/C25H21ClF4N6O4S/c1-13-8-20(25(28,29)30)35-36(13)21-17(12-32-24(34-21)33-15-4-5-19(27)18(26)10-15)14-9-16(23(37)38)22(31-11-14)40-6-7-41(2,3)39/h4-5,8-12H,2,6-7H2,1,3H3,(H,37,38)(H,32,33,34). The number of pyridine rings is 1. The van der Waals surface area contributed by atoms with Gasteiger partial charge < -0.3 is 15.2 Å². The SMILES string of the molecule is C=S(C)(=O)CCOc1ncc(-c2cnc(Nc3ccc(F)c(Cl)c3)nc2-n2nc(C(F)(F)F)cc2C)cc1C(=O)O. The fourth-order valence-corrected chi connectivity index (χ4v) is 4.13. The van der Waals surface area contributed by atoms with Crippen LogP contribution in [0.3, 0.4) is 0 Å². The predicted octanol–water partition coefficient (Wildman–Crippen LogP) is 5.01. The molecule has 0 radical (unpaired) electrons. The van der Waals surface area contributed by atoms with E-state index < -0.39 is 33.2 Å². The summed E-state index contributed by atoms with van der Waals surface area (Å²) in [5.74, 6) is 1.01. The van der Waals surface area contributed by atoms with Gasteiger partial charge in [-0.05, 0) is 52.6 Å². The molecule has 0 saturated heterocycles. The average Bonchev–Trinajstić information content (AvgIpc) is 3.28. The van der Waals surface area contributed by atoms with Gasteiger partial charge in [0.25, 0.3) is 0 Å². The number of hydrogen-bond donors (Lipinski definition) is 2. The Balaban J connectivity index is 1.82. The van der Waals surface area contributed by atoms with Gasteiger partial charge in [0.15, 0.2) is 11.5 Å². The third kappa shape index (κ3) is 7.10. The van der Waals surface area contributed by atoms with Crippen LogP contribution in [0.1, 0.15) is 21.7 Å². The molecule has 16 heteroatoms. The molecule has 10 nitrogen and oxygen atoms in total. The monoisotopic (exact) mass is 612 g/mol. The molecular weight excluding hydrogens is 592 g/mol. The van der Waals surface area contributed by atoms with E-state index in [1.807, 2.05) is 0 Å². The van der Waals surface area contributed by atoms with E-state index in [0.29, 0.717) is 0 Å². The predicted molar refractivity (Wildman–Crippen MR) is 145 cm³/mol. The minimum Gasteiger partial charge on any atom is -0.477 e. The number of hydrogen-bond acceptors (Lipinski definition) is 8. The molecule has 0 aliphatic carbocycles. The first-order valence-corrected chi connectivity index (χ1v) is 14.2. The molecular formula is C25H21ClF4N6O4S. The van der Waals surface area contributed by atoms with E-state index in [2.05, 4.69) is 31.2 Å². The van der Waals surface area contributed by atoms with Crippen molar-refractivity contribution in [1.82, 2.24) is 24.7 Å². The number of alkyl halides is 3. The molecule has 1 aromatic carbocycles. The van der Waals surface area contributed by atoms with Crippen LogP contribution in [0.15, 0.2) is 42.7 Å². The summed E-state index contributed by atoms with van der Waals surface area (Å²) in [5.41, 5.74) is -0.972. The van der Waals surface area contributed by atoms with Gasteiger partial charge in [-0.3, -0.25) is 4.21 Å². The molecule has 0 spiro atoms. The van der Waals surface area contributed by atoms with E-state index in [1.165, 1.54) is 43.8 Å². The van der Waals surface area contributed by atoms with Gasteiger partial charge in [-0.1, -0.05) is 11.6 Å². The van der Waals surface area contributed by atoms with Crippen molar-refractivity contribution in [2.24, 2.45) is 0 Å². The van der Waals surface area contributed by atoms with Crippen LogP contribution in [0.25, 0.3) is 16.9 Å². The first kappa shape index (κ1) is 29.7. The van der Waals surface area contributed by atoms with Crippen LogP contribution in [0.5, 0.6) is 5.88 Å². The third-order valence-electron chi connectivity index (χ3n) is 5.47. The maximum absolute atomic E-state index is 13.6. The van der Waals surface area contributed by atoms with Crippen molar-refractivity contribution in [2.75, 3.05) is 23.9 Å². The molecule has 1 atom stereocenters. The van der Waals surface area contributed by atoms with E-state index >= 15 is 0 Å². The first-order valence-electron chi connectivity index (χ1n) is 11.5. The van der Waals surface area contributed by atoms with Gasteiger partial charge in [0, 0.05) is 46.9 Å². The number of aromatic carboxylic acids is 1. The summed E-state index contributed by atoms with van der Waals surface area (Å²) in [5, 5.41) is 16.0. The number of benzene rings is 1. The molecule has 3 heterocycles. The minimum absolute atomic E-state index is 0.0569. The topological polar surface area (TPSA) is 132 Å². The molecule has 41 heavy (non-hydrogen) atoms. The Morgan fingerprint density at radius 1 is 1.22 bits per heavy atom. The Morgan fingerprint density at radius 2 is 1.95 bits per heavy atom. The molecule has 3 aromatic heterocycles. The number of nitrogens with zero attached hydrogens (tertiary/aromatic N) is 5. The lowest BCUT2D eigenvalue weighted by molar-refractivity contribution is -0.141. The summed E-state index contributed by atoms with van der Waals surface area (Å²) in [6, 6.07) is 5.74. The Hall–Kier alpha value is -4.24. The van der Waals surface area contributed by atoms with Gasteiger partial charge in [0.05, 0.1) is 5.02 Å². The summed E-state index contributed by atoms with van der Waals surface area (Å²) >= 11 is 5.83. The number of anilines is 2. The number of rotatable bonds is 9. The van der Waals surface area contributed by atoms with E-state index in [9.17, 15) is 31.7 Å². The molecule has 216 valence electrons. The highest BCUT2D eigenvalue weighted by molar-refractivity contribution is 7.99. The lowest BCUT2D eigenvalue weighted by atomic mass is 10.1. The van der Waals surface area contributed by atoms with Crippen LogP contribution in [-0.4, -0.2) is 64.5 Å². The van der Waals surface area contributed by atoms with Gasteiger partial charge in [-0.25, -0.2) is 23.8 Å². The fraction of sp³-hybridized carbons (Fsp3) is 0.200. The van der Waals surface area contributed by atoms with Gasteiger partial charge in [0.1, 0.15) is 18.0 Å². The van der Waals surface area contributed by atoms with E-state index in [1.54, 1.807) is 0 Å². The average molecular weight is 613 g/mol. The van der Waals surface area contributed by atoms with Crippen LogP contribution in [0.4, 0.5) is 29.2 Å². The Kier molecular flexibility index (Phi) is 8.22. The van der Waals surface area contributed by atoms with Gasteiger partial charge in [-0.2, -0.15) is 23.3 Å². The maximum Gasteiger partial charge on any atom is 0.435 e. The Bertz CT molecular complexity index is 1740. The van der Waals surface area contributed by atoms with Crippen LogP contribution in [0, 0.1) is 12.7 Å². The van der Waals surface area contributed by atoms with Crippen molar-refractivity contribution in [3.63, 3.8) is 0 Å². The molecule has 4 aromatic rings. The second-order valence-electron chi connectivity index (χ2n) is 8.88. The quantitative estimate of drug-likeness (QED) is 0.198. The Labute approximate surface area is 236 Å². The number of aromatic nitrogens is 5. The first-order chi connectivity index (χ1) is 19.1. The molecule has 1 unspecified atom stereocenters. The highest BCUT2D eigenvalue weighted by Gasteiger charge is 2.35. The fourth-order valence-electron chi connectivity index (χ4n) is 3.51. The highest BCUT2D eigenvalue weighted by atomic mass is 35.5. The van der Waals surface area contributed by atoms with E-state index in [-0.39, 0.29) is 63.1 Å². The zero-order valence-electron chi connectivity index (χ0n) is 21.4. The maximum atomic E-state index is 13.6. The Morgan fingerprint density at radius 3 is 2.56 bits per heavy atom. The van der Waals surface area contributed by atoms with Gasteiger partial charge in [0.2, 0.25) is 11.8 Å². The zero-order valence-corrected chi connectivity index (χ0v) is 22.9. The lowest BCUT2D eigenvalue weighted by Crippen LogP contribution is -2.14. The van der Waals surface area contributed by atoms with Crippen LogP contribution < -0.4 is 10.1 Å². The number of carboxylic acid groups (broad SMARTS) is 1. The molecule has 0 aliphatic heterocycles. The number of ether oxygens (including phenoxy) is 1. The van der Waals surface area contributed by atoms with Crippen LogP contribution in [-0.2, 0) is 15.7 Å². The minimum atomic E-state index is -4.75. The normalized spacial score (nSPS) is 13.0. The number of carbonyl (C=O) groups is 1. The summed E-state index contributed by atoms with van der Waals surface area (Å²) in [4.78, 5) is 24.5. The second kappa shape index (κ2) is 11.3. The molecule has 2 N–H and O–H groups in total. The highest BCUT2D eigenvalue weighted by Crippen LogP contribution is 2.33. The third-order valence-corrected chi connectivity index (χ3v) is 6.79. The van der Waals surface area contributed by atoms with Crippen molar-refractivity contribution in [3.05, 3.63) is 70.5 Å². The zero-order chi connectivity index (χ0) is 30.1. The van der Waals surface area contributed by atoms with Crippen molar-refractivity contribution in [2.45, 2.75) is 13.1 Å². The van der Waals surface area contributed by atoms with Gasteiger partial charge in [-0.15, -0.1) is 0 Å². The molecule has 0 amide bonds. The van der Waals surface area contributed by atoms with Crippen molar-refractivity contribution in [1.29, 1.82) is 0 Å². The van der Waals surface area contributed by atoms with Crippen molar-refractivity contribution < 1.29 is 36.4 Å². The largest absolute Gasteiger partial charge is 0.477 e. The number of halogens is 5. The molecule has 0 saturated carbocycles. The molecule has 4 rings (SSSR count). The number of aryl methyl sites for hydroxylation is 1. The lowest BCUT2D eigenvalue weighted by Gasteiger charge is -2.14. The molecule has 0 aliphatic rings. The smallest absolute Gasteiger partial charge is 0.435 e. The molecule has 0 fully saturated rings.